The number of aliphatic hydroxyl groups is 2. The minimum atomic E-state index is -0.687. The summed E-state index contributed by atoms with van der Waals surface area (Å²) in [6.45, 7) is 6.36. The van der Waals surface area contributed by atoms with Crippen LogP contribution in [0.3, 0.4) is 0 Å². The Morgan fingerprint density at radius 3 is 2.75 bits per heavy atom. The molecule has 1 aliphatic heterocycles. The first-order valence-electron chi connectivity index (χ1n) is 9.45. The van der Waals surface area contributed by atoms with Crippen molar-refractivity contribution in [3.63, 3.8) is 0 Å². The first-order chi connectivity index (χ1) is 11.2. The standard InChI is InChI=1S/C20H30O4/c1-18(15(22)11-21)8-5-13-12(10-18)9-14-16-19(13,2)6-4-7-20(16,3)17(23)24-14/h9,13-16,21-22H,4-8,10-11H2,1-3H3/t13-,14-,15-,16-,18-,19-,20+/m1/s1. The highest BCUT2D eigenvalue weighted by Crippen LogP contribution is 2.66. The molecular formula is C20H30O4. The Morgan fingerprint density at radius 2 is 2.04 bits per heavy atom. The summed E-state index contributed by atoms with van der Waals surface area (Å²) >= 11 is 0. The molecule has 0 aromatic heterocycles. The summed E-state index contributed by atoms with van der Waals surface area (Å²) in [6.07, 6.45) is 7.35. The molecule has 0 bridgehead atoms. The van der Waals surface area contributed by atoms with Crippen molar-refractivity contribution in [2.75, 3.05) is 6.61 Å². The van der Waals surface area contributed by atoms with Gasteiger partial charge in [0.1, 0.15) is 6.10 Å². The lowest BCUT2D eigenvalue weighted by atomic mass is 9.45. The molecule has 24 heavy (non-hydrogen) atoms. The number of ether oxygens (including phenoxy) is 1. The van der Waals surface area contributed by atoms with Crippen molar-refractivity contribution in [1.29, 1.82) is 0 Å². The lowest BCUT2D eigenvalue weighted by Crippen LogP contribution is -2.54. The van der Waals surface area contributed by atoms with Crippen molar-refractivity contribution in [2.45, 2.75) is 71.5 Å². The molecule has 4 rings (SSSR count). The molecule has 2 saturated carbocycles. The molecule has 3 fully saturated rings. The van der Waals surface area contributed by atoms with Crippen LogP contribution in [0.15, 0.2) is 11.6 Å². The number of rotatable bonds is 2. The van der Waals surface area contributed by atoms with Crippen LogP contribution in [-0.2, 0) is 9.53 Å². The van der Waals surface area contributed by atoms with Gasteiger partial charge in [0.05, 0.1) is 18.1 Å². The molecule has 0 radical (unpaired) electrons. The Bertz CT molecular complexity index is 598. The number of aliphatic hydroxyl groups excluding tert-OH is 2. The molecule has 134 valence electrons. The lowest BCUT2D eigenvalue weighted by molar-refractivity contribution is -0.148. The molecule has 0 amide bonds. The Labute approximate surface area is 144 Å². The molecule has 0 unspecified atom stereocenters. The molecular weight excluding hydrogens is 304 g/mol. The zero-order chi connectivity index (χ0) is 17.3. The van der Waals surface area contributed by atoms with Crippen molar-refractivity contribution in [3.8, 4) is 0 Å². The highest BCUT2D eigenvalue weighted by molar-refractivity contribution is 5.80. The van der Waals surface area contributed by atoms with E-state index in [0.717, 1.165) is 38.5 Å². The number of allylic oxidation sites excluding steroid dienone is 1. The molecule has 0 aromatic rings. The monoisotopic (exact) mass is 334 g/mol. The second-order valence-electron chi connectivity index (χ2n) is 9.49. The Kier molecular flexibility index (Phi) is 3.51. The van der Waals surface area contributed by atoms with Gasteiger partial charge in [-0.25, -0.2) is 0 Å². The summed E-state index contributed by atoms with van der Waals surface area (Å²) in [7, 11) is 0. The number of carbonyl (C=O) groups excluding carboxylic acids is 1. The third kappa shape index (κ3) is 1.96. The van der Waals surface area contributed by atoms with Gasteiger partial charge in [-0.15, -0.1) is 0 Å². The van der Waals surface area contributed by atoms with Gasteiger partial charge in [0.25, 0.3) is 0 Å². The maximum absolute atomic E-state index is 12.6. The summed E-state index contributed by atoms with van der Waals surface area (Å²) in [5.41, 5.74) is 0.852. The zero-order valence-corrected chi connectivity index (χ0v) is 15.0. The van der Waals surface area contributed by atoms with Gasteiger partial charge in [0.15, 0.2) is 0 Å². The number of esters is 1. The van der Waals surface area contributed by atoms with Crippen LogP contribution in [0.25, 0.3) is 0 Å². The molecule has 0 spiro atoms. The van der Waals surface area contributed by atoms with Gasteiger partial charge in [-0.1, -0.05) is 25.8 Å². The van der Waals surface area contributed by atoms with E-state index in [-0.39, 0.29) is 40.8 Å². The minimum Gasteiger partial charge on any atom is -0.457 e. The average Bonchev–Trinajstić information content (AvgIpc) is 2.78. The molecule has 1 heterocycles. The average molecular weight is 334 g/mol. The predicted molar refractivity (Wildman–Crippen MR) is 90.1 cm³/mol. The fraction of sp³-hybridized carbons (Fsp3) is 0.850. The van der Waals surface area contributed by atoms with Crippen LogP contribution in [0.2, 0.25) is 0 Å². The van der Waals surface area contributed by atoms with E-state index in [2.05, 4.69) is 26.8 Å². The van der Waals surface area contributed by atoms with Crippen LogP contribution < -0.4 is 0 Å². The van der Waals surface area contributed by atoms with E-state index in [0.29, 0.717) is 5.92 Å². The molecule has 4 heteroatoms. The number of carbonyl (C=O) groups is 1. The van der Waals surface area contributed by atoms with E-state index in [9.17, 15) is 15.0 Å². The van der Waals surface area contributed by atoms with Crippen LogP contribution in [0.5, 0.6) is 0 Å². The first-order valence-corrected chi connectivity index (χ1v) is 9.45. The number of hydrogen-bond donors (Lipinski definition) is 2. The van der Waals surface area contributed by atoms with Crippen molar-refractivity contribution >= 4 is 5.97 Å². The lowest BCUT2D eigenvalue weighted by Gasteiger charge is -2.57. The summed E-state index contributed by atoms with van der Waals surface area (Å²) in [6, 6.07) is 0. The summed E-state index contributed by atoms with van der Waals surface area (Å²) in [5, 5.41) is 19.7. The molecule has 2 N–H and O–H groups in total. The molecule has 4 aliphatic rings. The van der Waals surface area contributed by atoms with Gasteiger partial charge < -0.3 is 14.9 Å². The number of fused-ring (bicyclic) bond motifs is 2. The van der Waals surface area contributed by atoms with Crippen molar-refractivity contribution < 1.29 is 19.7 Å². The van der Waals surface area contributed by atoms with Crippen LogP contribution in [0.4, 0.5) is 0 Å². The molecule has 4 nitrogen and oxygen atoms in total. The maximum Gasteiger partial charge on any atom is 0.312 e. The van der Waals surface area contributed by atoms with E-state index in [1.54, 1.807) is 0 Å². The van der Waals surface area contributed by atoms with Crippen molar-refractivity contribution in [3.05, 3.63) is 11.6 Å². The Hall–Kier alpha value is -0.870. The normalized spacial score (nSPS) is 51.3. The highest BCUT2D eigenvalue weighted by atomic mass is 16.6. The SMILES string of the molecule is C[C@@]1([C@H](O)CO)CC[C@@H]2C(=C[C@H]3OC(=O)[C@@]4(C)CCC[C@@]2(C)[C@@H]34)C1. The minimum absolute atomic E-state index is 0.0166. The molecule has 3 aliphatic carbocycles. The van der Waals surface area contributed by atoms with Gasteiger partial charge in [0.2, 0.25) is 0 Å². The van der Waals surface area contributed by atoms with Crippen LogP contribution in [0, 0.1) is 28.1 Å². The van der Waals surface area contributed by atoms with Gasteiger partial charge in [-0.05, 0) is 61.9 Å². The number of hydrogen-bond acceptors (Lipinski definition) is 4. The van der Waals surface area contributed by atoms with Gasteiger partial charge in [0, 0.05) is 5.92 Å². The third-order valence-corrected chi connectivity index (χ3v) is 8.06. The van der Waals surface area contributed by atoms with E-state index in [1.165, 1.54) is 5.57 Å². The van der Waals surface area contributed by atoms with Crippen molar-refractivity contribution in [1.82, 2.24) is 0 Å². The van der Waals surface area contributed by atoms with Crippen LogP contribution in [-0.4, -0.2) is 35.0 Å². The van der Waals surface area contributed by atoms with Gasteiger partial charge in [-0.3, -0.25) is 4.79 Å². The largest absolute Gasteiger partial charge is 0.457 e. The highest BCUT2D eigenvalue weighted by Gasteiger charge is 2.66. The maximum atomic E-state index is 12.6. The zero-order valence-electron chi connectivity index (χ0n) is 15.0. The van der Waals surface area contributed by atoms with E-state index in [1.807, 2.05) is 0 Å². The summed E-state index contributed by atoms with van der Waals surface area (Å²) in [4.78, 5) is 12.6. The Morgan fingerprint density at radius 1 is 1.29 bits per heavy atom. The third-order valence-electron chi connectivity index (χ3n) is 8.06. The van der Waals surface area contributed by atoms with Gasteiger partial charge in [-0.2, -0.15) is 0 Å². The van der Waals surface area contributed by atoms with Crippen LogP contribution >= 0.6 is 0 Å². The molecule has 7 atom stereocenters. The van der Waals surface area contributed by atoms with Gasteiger partial charge >= 0.3 is 5.97 Å². The topological polar surface area (TPSA) is 66.8 Å². The smallest absolute Gasteiger partial charge is 0.312 e. The van der Waals surface area contributed by atoms with E-state index < -0.39 is 6.10 Å². The van der Waals surface area contributed by atoms with Crippen LogP contribution in [0.1, 0.15) is 59.3 Å². The van der Waals surface area contributed by atoms with E-state index in [4.69, 9.17) is 4.74 Å². The molecule has 1 saturated heterocycles. The fourth-order valence-electron chi connectivity index (χ4n) is 6.67. The van der Waals surface area contributed by atoms with Crippen molar-refractivity contribution in [2.24, 2.45) is 28.1 Å². The molecule has 0 aromatic carbocycles. The summed E-state index contributed by atoms with van der Waals surface area (Å²) < 4.78 is 5.82. The second kappa shape index (κ2) is 5.07. The first kappa shape index (κ1) is 16.6. The Balaban J connectivity index is 1.74. The van der Waals surface area contributed by atoms with E-state index >= 15 is 0 Å². The predicted octanol–water partition coefficient (Wildman–Crippen LogP) is 2.82. The summed E-state index contributed by atoms with van der Waals surface area (Å²) in [5.74, 6) is 0.746. The quantitative estimate of drug-likeness (QED) is 0.602. The second-order valence-corrected chi connectivity index (χ2v) is 9.49. The fourth-order valence-corrected chi connectivity index (χ4v) is 6.67.